The lowest BCUT2D eigenvalue weighted by molar-refractivity contribution is 0.924. The van der Waals surface area contributed by atoms with Crippen LogP contribution in [0, 0.1) is 0 Å². The second kappa shape index (κ2) is 3.84. The molecule has 0 radical (unpaired) electrons. The van der Waals surface area contributed by atoms with Gasteiger partial charge in [-0.25, -0.2) is 4.20 Å². The summed E-state index contributed by atoms with van der Waals surface area (Å²) in [6.07, 6.45) is 0. The molecule has 1 aliphatic rings. The predicted molar refractivity (Wildman–Crippen MR) is 67.7 cm³/mol. The molecule has 0 N–H and O–H groups in total. The maximum Gasteiger partial charge on any atom is 0.147 e. The van der Waals surface area contributed by atoms with Crippen molar-refractivity contribution in [1.29, 1.82) is 0 Å². The molecule has 0 aromatic heterocycles. The van der Waals surface area contributed by atoms with Gasteiger partial charge in [-0.3, -0.25) is 0 Å². The van der Waals surface area contributed by atoms with Crippen molar-refractivity contribution < 1.29 is 4.20 Å². The molecule has 1 heterocycles. The summed E-state index contributed by atoms with van der Waals surface area (Å²) in [6.45, 7) is 0. The number of benzene rings is 2. The molecule has 0 amide bonds. The van der Waals surface area contributed by atoms with Crippen molar-refractivity contribution in [2.24, 2.45) is 0 Å². The molecule has 2 aromatic rings. The second-order valence-corrected chi connectivity index (χ2v) is 5.17. The van der Waals surface area contributed by atoms with Crippen LogP contribution in [-0.4, -0.2) is 0 Å². The molecule has 0 saturated heterocycles. The predicted octanol–water partition coefficient (Wildman–Crippen LogP) is 4.89. The minimum Gasteiger partial charge on any atom is -0.217 e. The van der Waals surface area contributed by atoms with Gasteiger partial charge in [-0.2, -0.15) is 0 Å². The van der Waals surface area contributed by atoms with E-state index in [0.29, 0.717) is 0 Å². The maximum atomic E-state index is 13.8. The Labute approximate surface area is 95.3 Å². The van der Waals surface area contributed by atoms with Gasteiger partial charge in [0.05, 0.1) is 0 Å². The number of hydrogen-bond acceptors (Lipinski definition) is 0. The molecule has 0 fully saturated rings. The third kappa shape index (κ3) is 1.58. The van der Waals surface area contributed by atoms with Crippen molar-refractivity contribution in [1.82, 2.24) is 0 Å². The molecule has 0 aliphatic carbocycles. The number of rotatable bonds is 2. The van der Waals surface area contributed by atoms with E-state index in [1.54, 1.807) is 0 Å². The second-order valence-electron chi connectivity index (χ2n) is 3.71. The first-order valence-electron chi connectivity index (χ1n) is 5.19. The molecule has 0 unspecified atom stereocenters. The highest BCUT2D eigenvalue weighted by molar-refractivity contribution is 7.84. The van der Waals surface area contributed by atoms with Gasteiger partial charge < -0.3 is 0 Å². The summed E-state index contributed by atoms with van der Waals surface area (Å²) in [5, 5.41) is 1.81. The lowest BCUT2D eigenvalue weighted by atomic mass is 10.1. The van der Waals surface area contributed by atoms with Crippen LogP contribution in [0.4, 0.5) is 4.20 Å². The van der Waals surface area contributed by atoms with Crippen LogP contribution in [-0.2, 0) is 0 Å². The Morgan fingerprint density at radius 2 is 1.00 bits per heavy atom. The summed E-state index contributed by atoms with van der Waals surface area (Å²) in [6, 6.07) is 19.6. The topological polar surface area (TPSA) is 0 Å². The standard InChI is InChI=1S/C14H10FP/c15-16-13(11-7-3-1-4-8-11)14(16)12-9-5-2-6-10-12/h1-10H. The van der Waals surface area contributed by atoms with Crippen molar-refractivity contribution >= 4 is 18.9 Å². The Bertz CT molecular complexity index is 482. The molecule has 0 atom stereocenters. The van der Waals surface area contributed by atoms with Gasteiger partial charge in [-0.1, -0.05) is 60.7 Å². The van der Waals surface area contributed by atoms with Gasteiger partial charge in [-0.05, 0) is 11.1 Å². The zero-order chi connectivity index (χ0) is 11.0. The fraction of sp³-hybridized carbons (Fsp3) is 0. The van der Waals surface area contributed by atoms with E-state index in [4.69, 9.17) is 0 Å². The summed E-state index contributed by atoms with van der Waals surface area (Å²) in [4.78, 5) is 0. The number of halogens is 1. The summed E-state index contributed by atoms with van der Waals surface area (Å²) in [7, 11) is -1.52. The lowest BCUT2D eigenvalue weighted by Gasteiger charge is -1.90. The van der Waals surface area contributed by atoms with Crippen molar-refractivity contribution in [2.45, 2.75) is 0 Å². The van der Waals surface area contributed by atoms with E-state index in [1.165, 1.54) is 0 Å². The summed E-state index contributed by atoms with van der Waals surface area (Å²) in [5.74, 6) is 0. The van der Waals surface area contributed by atoms with Crippen molar-refractivity contribution in [3.63, 3.8) is 0 Å². The normalized spacial score (nSPS) is 15.3. The van der Waals surface area contributed by atoms with Crippen LogP contribution in [0.15, 0.2) is 60.7 Å². The molecular formula is C14H10FP. The summed E-state index contributed by atoms with van der Waals surface area (Å²) < 4.78 is 13.8. The van der Waals surface area contributed by atoms with Gasteiger partial charge in [-0.15, -0.1) is 0 Å². The van der Waals surface area contributed by atoms with Crippen molar-refractivity contribution in [3.05, 3.63) is 71.8 Å². The van der Waals surface area contributed by atoms with Crippen molar-refractivity contribution in [2.75, 3.05) is 0 Å². The van der Waals surface area contributed by atoms with Gasteiger partial charge in [0.2, 0.25) is 0 Å². The maximum absolute atomic E-state index is 13.8. The lowest BCUT2D eigenvalue weighted by Crippen LogP contribution is -1.70. The van der Waals surface area contributed by atoms with Crippen LogP contribution in [0.25, 0.3) is 10.6 Å². The Hall–Kier alpha value is -1.46. The molecule has 78 valence electrons. The Kier molecular flexibility index (Phi) is 2.34. The first-order chi connectivity index (χ1) is 7.88. The highest BCUT2D eigenvalue weighted by Gasteiger charge is 2.39. The minimum absolute atomic E-state index is 0.904. The van der Waals surface area contributed by atoms with E-state index >= 15 is 0 Å². The molecule has 0 bridgehead atoms. The van der Waals surface area contributed by atoms with E-state index in [-0.39, 0.29) is 0 Å². The Morgan fingerprint density at radius 1 is 0.625 bits per heavy atom. The molecule has 0 nitrogen and oxygen atoms in total. The smallest absolute Gasteiger partial charge is 0.147 e. The van der Waals surface area contributed by atoms with E-state index in [1.807, 2.05) is 60.7 Å². The number of hydrogen-bond donors (Lipinski definition) is 0. The monoisotopic (exact) mass is 228 g/mol. The first-order valence-corrected chi connectivity index (χ1v) is 6.42. The van der Waals surface area contributed by atoms with E-state index < -0.39 is 8.23 Å². The van der Waals surface area contributed by atoms with Crippen LogP contribution < -0.4 is 0 Å². The fourth-order valence-corrected chi connectivity index (χ4v) is 3.25. The minimum atomic E-state index is -1.52. The van der Waals surface area contributed by atoms with E-state index in [2.05, 4.69) is 0 Å². The van der Waals surface area contributed by atoms with Gasteiger partial charge in [0, 0.05) is 10.6 Å². The van der Waals surface area contributed by atoms with Gasteiger partial charge >= 0.3 is 0 Å². The zero-order valence-corrected chi connectivity index (χ0v) is 9.49. The van der Waals surface area contributed by atoms with Gasteiger partial charge in [0.25, 0.3) is 0 Å². The van der Waals surface area contributed by atoms with Gasteiger partial charge in [0.1, 0.15) is 8.23 Å². The van der Waals surface area contributed by atoms with Crippen LogP contribution in [0.1, 0.15) is 11.1 Å². The molecule has 1 aliphatic heterocycles. The Morgan fingerprint density at radius 3 is 1.38 bits per heavy atom. The quantitative estimate of drug-likeness (QED) is 0.642. The zero-order valence-electron chi connectivity index (χ0n) is 8.60. The van der Waals surface area contributed by atoms with Crippen LogP contribution >= 0.6 is 8.23 Å². The molecule has 2 aromatic carbocycles. The van der Waals surface area contributed by atoms with E-state index in [0.717, 1.165) is 21.8 Å². The third-order valence-corrected chi connectivity index (χ3v) is 4.19. The molecule has 0 saturated carbocycles. The third-order valence-electron chi connectivity index (χ3n) is 2.66. The van der Waals surface area contributed by atoms with Crippen molar-refractivity contribution in [3.8, 4) is 0 Å². The highest BCUT2D eigenvalue weighted by atomic mass is 31.2. The van der Waals surface area contributed by atoms with Crippen LogP contribution in [0.2, 0.25) is 0 Å². The molecule has 16 heavy (non-hydrogen) atoms. The molecule has 0 spiro atoms. The average molecular weight is 228 g/mol. The Balaban J connectivity index is 2.02. The fourth-order valence-electron chi connectivity index (χ4n) is 1.84. The average Bonchev–Trinajstić information content (AvgIpc) is 3.03. The van der Waals surface area contributed by atoms with E-state index in [9.17, 15) is 4.20 Å². The largest absolute Gasteiger partial charge is 0.217 e. The SMILES string of the molecule is FP1C(c2ccccc2)=C1c1ccccc1. The highest BCUT2D eigenvalue weighted by Crippen LogP contribution is 2.79. The van der Waals surface area contributed by atoms with Crippen LogP contribution in [0.5, 0.6) is 0 Å². The summed E-state index contributed by atoms with van der Waals surface area (Å²) >= 11 is 0. The molecular weight excluding hydrogens is 218 g/mol. The summed E-state index contributed by atoms with van der Waals surface area (Å²) in [5.41, 5.74) is 2.05. The van der Waals surface area contributed by atoms with Gasteiger partial charge in [0.15, 0.2) is 0 Å². The first kappa shape index (κ1) is 9.74. The molecule has 2 heteroatoms. The molecule has 3 rings (SSSR count). The van der Waals surface area contributed by atoms with Crippen LogP contribution in [0.3, 0.4) is 0 Å².